The summed E-state index contributed by atoms with van der Waals surface area (Å²) in [6, 6.07) is 9.18. The second-order valence-corrected chi connectivity index (χ2v) is 5.31. The Labute approximate surface area is 118 Å². The number of nitrogens with one attached hydrogen (secondary N) is 1. The maximum absolute atomic E-state index is 6.00. The summed E-state index contributed by atoms with van der Waals surface area (Å²) in [6.07, 6.45) is 3.34. The molecule has 108 valence electrons. The fourth-order valence-corrected chi connectivity index (χ4v) is 2.71. The van der Waals surface area contributed by atoms with E-state index in [-0.39, 0.29) is 11.6 Å². The normalized spacial score (nSPS) is 16.1. The third-order valence-corrected chi connectivity index (χ3v) is 3.93. The molecule has 0 aromatic heterocycles. The Morgan fingerprint density at radius 3 is 2.21 bits per heavy atom. The van der Waals surface area contributed by atoms with Gasteiger partial charge in [-0.1, -0.05) is 44.5 Å². The first-order valence-electron chi connectivity index (χ1n) is 7.51. The molecule has 0 spiro atoms. The van der Waals surface area contributed by atoms with Crippen molar-refractivity contribution in [1.29, 1.82) is 0 Å². The molecule has 0 aliphatic rings. The Morgan fingerprint density at radius 2 is 1.79 bits per heavy atom. The fourth-order valence-electron chi connectivity index (χ4n) is 2.71. The van der Waals surface area contributed by atoms with Crippen molar-refractivity contribution in [2.24, 2.45) is 0 Å². The van der Waals surface area contributed by atoms with Crippen molar-refractivity contribution in [3.63, 3.8) is 0 Å². The molecule has 1 aromatic carbocycles. The third-order valence-electron chi connectivity index (χ3n) is 3.93. The summed E-state index contributed by atoms with van der Waals surface area (Å²) in [4.78, 5) is 0. The van der Waals surface area contributed by atoms with Gasteiger partial charge in [0.05, 0.1) is 11.6 Å². The molecule has 0 amide bonds. The molecule has 0 aliphatic carbocycles. The Morgan fingerprint density at radius 1 is 1.16 bits per heavy atom. The largest absolute Gasteiger partial charge is 0.374 e. The van der Waals surface area contributed by atoms with Crippen LogP contribution in [0.15, 0.2) is 24.3 Å². The molecule has 1 rings (SSSR count). The van der Waals surface area contributed by atoms with E-state index in [2.05, 4.69) is 57.3 Å². The Kier molecular flexibility index (Phi) is 6.53. The summed E-state index contributed by atoms with van der Waals surface area (Å²) in [7, 11) is 2.01. The fraction of sp³-hybridized carbons (Fsp3) is 0.647. The zero-order chi connectivity index (χ0) is 14.3. The van der Waals surface area contributed by atoms with Crippen molar-refractivity contribution < 1.29 is 4.74 Å². The van der Waals surface area contributed by atoms with Crippen LogP contribution in [0.25, 0.3) is 0 Å². The molecule has 0 saturated carbocycles. The van der Waals surface area contributed by atoms with Crippen LogP contribution in [0.4, 0.5) is 0 Å². The average molecular weight is 263 g/mol. The van der Waals surface area contributed by atoms with E-state index in [0.29, 0.717) is 0 Å². The van der Waals surface area contributed by atoms with Gasteiger partial charge in [-0.15, -0.1) is 0 Å². The van der Waals surface area contributed by atoms with Gasteiger partial charge in [0.2, 0.25) is 0 Å². The summed E-state index contributed by atoms with van der Waals surface area (Å²) in [5.74, 6) is 0. The van der Waals surface area contributed by atoms with E-state index >= 15 is 0 Å². The van der Waals surface area contributed by atoms with E-state index in [4.69, 9.17) is 4.74 Å². The smallest absolute Gasteiger partial charge is 0.0845 e. The van der Waals surface area contributed by atoms with Gasteiger partial charge in [-0.05, 0) is 44.9 Å². The second-order valence-electron chi connectivity index (χ2n) is 5.31. The van der Waals surface area contributed by atoms with Gasteiger partial charge >= 0.3 is 0 Å². The number of benzene rings is 1. The van der Waals surface area contributed by atoms with Gasteiger partial charge in [0.1, 0.15) is 0 Å². The summed E-state index contributed by atoms with van der Waals surface area (Å²) in [6.45, 7) is 9.40. The van der Waals surface area contributed by atoms with Crippen molar-refractivity contribution >= 4 is 0 Å². The van der Waals surface area contributed by atoms with Crippen molar-refractivity contribution in [3.8, 4) is 0 Å². The molecule has 1 aromatic rings. The lowest BCUT2D eigenvalue weighted by Crippen LogP contribution is -2.42. The highest BCUT2D eigenvalue weighted by Gasteiger charge is 2.33. The van der Waals surface area contributed by atoms with Gasteiger partial charge in [-0.25, -0.2) is 0 Å². The van der Waals surface area contributed by atoms with Crippen LogP contribution in [0.2, 0.25) is 0 Å². The van der Waals surface area contributed by atoms with E-state index in [1.54, 1.807) is 0 Å². The lowest BCUT2D eigenvalue weighted by atomic mass is 9.87. The molecule has 0 fully saturated rings. The Bertz CT molecular complexity index is 360. The van der Waals surface area contributed by atoms with E-state index in [1.807, 2.05) is 7.05 Å². The van der Waals surface area contributed by atoms with Crippen molar-refractivity contribution in [1.82, 2.24) is 5.32 Å². The highest BCUT2D eigenvalue weighted by molar-refractivity contribution is 5.27. The molecule has 1 N–H and O–H groups in total. The topological polar surface area (TPSA) is 21.3 Å². The van der Waals surface area contributed by atoms with E-state index < -0.39 is 0 Å². The summed E-state index contributed by atoms with van der Waals surface area (Å²) < 4.78 is 6.00. The highest BCUT2D eigenvalue weighted by Crippen LogP contribution is 2.32. The van der Waals surface area contributed by atoms with Crippen LogP contribution in [0, 0.1) is 0 Å². The minimum atomic E-state index is -0.157. The van der Waals surface area contributed by atoms with E-state index in [1.165, 1.54) is 17.5 Å². The predicted octanol–water partition coefficient (Wildman–Crippen LogP) is 4.10. The SMILES string of the molecule is CCCc1ccc(C(NC)C(C)(CC)OCC)cc1. The molecule has 2 unspecified atom stereocenters. The molecule has 0 radical (unpaired) electrons. The second kappa shape index (κ2) is 7.66. The average Bonchev–Trinajstić information content (AvgIpc) is 2.42. The van der Waals surface area contributed by atoms with Gasteiger partial charge in [0, 0.05) is 6.61 Å². The highest BCUT2D eigenvalue weighted by atomic mass is 16.5. The first-order chi connectivity index (χ1) is 9.11. The van der Waals surface area contributed by atoms with Crippen LogP contribution in [-0.4, -0.2) is 19.3 Å². The molecular weight excluding hydrogens is 234 g/mol. The molecule has 0 bridgehead atoms. The summed E-state index contributed by atoms with van der Waals surface area (Å²) in [5.41, 5.74) is 2.56. The summed E-state index contributed by atoms with van der Waals surface area (Å²) in [5, 5.41) is 3.42. The van der Waals surface area contributed by atoms with E-state index in [0.717, 1.165) is 19.4 Å². The molecule has 2 heteroatoms. The van der Waals surface area contributed by atoms with Crippen LogP contribution in [-0.2, 0) is 11.2 Å². The van der Waals surface area contributed by atoms with Crippen LogP contribution in [0.1, 0.15) is 57.7 Å². The maximum Gasteiger partial charge on any atom is 0.0845 e. The summed E-state index contributed by atoms with van der Waals surface area (Å²) >= 11 is 0. The van der Waals surface area contributed by atoms with E-state index in [9.17, 15) is 0 Å². The number of rotatable bonds is 8. The van der Waals surface area contributed by atoms with Crippen LogP contribution in [0.5, 0.6) is 0 Å². The predicted molar refractivity (Wildman–Crippen MR) is 82.6 cm³/mol. The van der Waals surface area contributed by atoms with Crippen LogP contribution >= 0.6 is 0 Å². The van der Waals surface area contributed by atoms with Gasteiger partial charge < -0.3 is 10.1 Å². The quantitative estimate of drug-likeness (QED) is 0.762. The lowest BCUT2D eigenvalue weighted by molar-refractivity contribution is -0.0547. The standard InChI is InChI=1S/C17H29NO/c1-6-9-14-10-12-15(13-11-14)16(18-5)17(4,7-2)19-8-3/h10-13,16,18H,6-9H2,1-5H3. The molecule has 0 heterocycles. The van der Waals surface area contributed by atoms with Crippen LogP contribution < -0.4 is 5.32 Å². The van der Waals surface area contributed by atoms with Gasteiger partial charge in [0.25, 0.3) is 0 Å². The number of hydrogen-bond acceptors (Lipinski definition) is 2. The monoisotopic (exact) mass is 263 g/mol. The molecule has 2 atom stereocenters. The zero-order valence-corrected chi connectivity index (χ0v) is 13.1. The Hall–Kier alpha value is -0.860. The molecule has 2 nitrogen and oxygen atoms in total. The van der Waals surface area contributed by atoms with Gasteiger partial charge in [-0.2, -0.15) is 0 Å². The Balaban J connectivity index is 2.95. The molecular formula is C17H29NO. The molecule has 0 aliphatic heterocycles. The minimum absolute atomic E-state index is 0.157. The van der Waals surface area contributed by atoms with Gasteiger partial charge in [0.15, 0.2) is 0 Å². The number of ether oxygens (including phenoxy) is 1. The first kappa shape index (κ1) is 16.2. The van der Waals surface area contributed by atoms with Crippen LogP contribution in [0.3, 0.4) is 0 Å². The number of likely N-dealkylation sites (N-methyl/N-ethyl adjacent to an activating group) is 1. The van der Waals surface area contributed by atoms with Crippen molar-refractivity contribution in [2.45, 2.75) is 58.6 Å². The maximum atomic E-state index is 6.00. The first-order valence-corrected chi connectivity index (χ1v) is 7.51. The third kappa shape index (κ3) is 4.05. The lowest BCUT2D eigenvalue weighted by Gasteiger charge is -2.37. The number of aryl methyl sites for hydroxylation is 1. The number of hydrogen-bond donors (Lipinski definition) is 1. The molecule has 0 saturated heterocycles. The zero-order valence-electron chi connectivity index (χ0n) is 13.1. The van der Waals surface area contributed by atoms with Crippen molar-refractivity contribution in [2.75, 3.05) is 13.7 Å². The minimum Gasteiger partial charge on any atom is -0.374 e. The molecule has 19 heavy (non-hydrogen) atoms. The van der Waals surface area contributed by atoms with Gasteiger partial charge in [-0.3, -0.25) is 0 Å². The van der Waals surface area contributed by atoms with Crippen molar-refractivity contribution in [3.05, 3.63) is 35.4 Å².